The molecule has 0 aromatic heterocycles. The Kier molecular flexibility index (Phi) is 26.4. The van der Waals surface area contributed by atoms with Crippen LogP contribution < -0.4 is 5.32 Å². The van der Waals surface area contributed by atoms with Gasteiger partial charge in [-0.3, -0.25) is 0 Å². The Morgan fingerprint density at radius 1 is 0.789 bits per heavy atom. The third kappa shape index (κ3) is 47.6. The lowest BCUT2D eigenvalue weighted by atomic mass is 10.4. The van der Waals surface area contributed by atoms with Gasteiger partial charge in [-0.25, -0.2) is 20.0 Å². The van der Waals surface area contributed by atoms with Crippen LogP contribution in [0.2, 0.25) is 0 Å². The van der Waals surface area contributed by atoms with E-state index in [4.69, 9.17) is 0 Å². The van der Waals surface area contributed by atoms with E-state index in [9.17, 15) is 0 Å². The first-order chi connectivity index (χ1) is 8.95. The summed E-state index contributed by atoms with van der Waals surface area (Å²) in [6.45, 7) is 13.5. The Labute approximate surface area is 119 Å². The first-order valence-corrected chi connectivity index (χ1v) is 6.77. The van der Waals surface area contributed by atoms with Crippen LogP contribution in [0.4, 0.5) is 0 Å². The second-order valence-electron chi connectivity index (χ2n) is 4.09. The van der Waals surface area contributed by atoms with Crippen molar-refractivity contribution in [3.63, 3.8) is 0 Å². The summed E-state index contributed by atoms with van der Waals surface area (Å²) in [6.07, 6.45) is 0. The predicted molar refractivity (Wildman–Crippen MR) is 86.1 cm³/mol. The minimum absolute atomic E-state index is 0.312. The Balaban J connectivity index is -0.000000228. The van der Waals surface area contributed by atoms with Gasteiger partial charge in [-0.05, 0) is 55.6 Å². The van der Waals surface area contributed by atoms with Gasteiger partial charge in [0, 0.05) is 13.1 Å². The minimum atomic E-state index is 0.312. The lowest BCUT2D eigenvalue weighted by Gasteiger charge is -1.89. The van der Waals surface area contributed by atoms with E-state index in [1.165, 1.54) is 0 Å². The largest absolute Gasteiger partial charge is 0.323 e. The molecule has 0 atom stereocenters. The van der Waals surface area contributed by atoms with Gasteiger partial charge in [-0.2, -0.15) is 0 Å². The highest BCUT2D eigenvalue weighted by atomic mass is 14.8. The topological polar surface area (TPSA) is 61.5 Å². The predicted octanol–water partition coefficient (Wildman–Crippen LogP) is 3.01. The molecule has 0 aliphatic rings. The molecule has 0 fully saturated rings. The van der Waals surface area contributed by atoms with Crippen LogP contribution in [0.1, 0.15) is 41.5 Å². The number of rotatable bonds is 4. The Hall–Kier alpha value is -1.28. The number of hydrogen-bond acceptors (Lipinski definition) is 5. The van der Waals surface area contributed by atoms with Gasteiger partial charge in [-0.1, -0.05) is 0 Å². The molecule has 0 saturated heterocycles. The number of aliphatic imine (C=N–C) groups is 4. The highest BCUT2D eigenvalue weighted by Gasteiger charge is 1.82. The molecule has 19 heavy (non-hydrogen) atoms. The summed E-state index contributed by atoms with van der Waals surface area (Å²) in [5.74, 6) is 0. The van der Waals surface area contributed by atoms with Crippen LogP contribution in [0.25, 0.3) is 0 Å². The molecule has 1 N–H and O–H groups in total. The molecular formula is C14H31N5. The molecule has 5 nitrogen and oxygen atoms in total. The van der Waals surface area contributed by atoms with E-state index < -0.39 is 0 Å². The first-order valence-electron chi connectivity index (χ1n) is 6.77. The van der Waals surface area contributed by atoms with E-state index in [0.29, 0.717) is 12.1 Å². The van der Waals surface area contributed by atoms with Crippen LogP contribution in [-0.4, -0.2) is 51.3 Å². The first kappa shape index (κ1) is 22.9. The molecule has 0 saturated carbocycles. The molecule has 0 aliphatic carbocycles. The van der Waals surface area contributed by atoms with E-state index in [2.05, 4.69) is 37.3 Å². The summed E-state index contributed by atoms with van der Waals surface area (Å²) in [5.41, 5.74) is 0. The summed E-state index contributed by atoms with van der Waals surface area (Å²) in [4.78, 5) is 15.4. The van der Waals surface area contributed by atoms with Gasteiger partial charge in [0.1, 0.15) is 0 Å². The van der Waals surface area contributed by atoms with Gasteiger partial charge in [0.2, 0.25) is 0 Å². The zero-order valence-corrected chi connectivity index (χ0v) is 13.9. The Morgan fingerprint density at radius 3 is 1.32 bits per heavy atom. The summed E-state index contributed by atoms with van der Waals surface area (Å²) < 4.78 is 0. The average molecular weight is 269 g/mol. The highest BCUT2D eigenvalue weighted by Crippen LogP contribution is 1.84. The van der Waals surface area contributed by atoms with Gasteiger partial charge in [0.25, 0.3) is 0 Å². The maximum Gasteiger partial charge on any atom is 0.0897 e. The van der Waals surface area contributed by atoms with Gasteiger partial charge in [0.05, 0.1) is 24.1 Å². The van der Waals surface area contributed by atoms with E-state index >= 15 is 0 Å². The second-order valence-corrected chi connectivity index (χ2v) is 4.09. The summed E-state index contributed by atoms with van der Waals surface area (Å²) in [7, 11) is 3.75. The quantitative estimate of drug-likeness (QED) is 0.783. The van der Waals surface area contributed by atoms with Crippen molar-refractivity contribution < 1.29 is 0 Å². The van der Waals surface area contributed by atoms with Crippen LogP contribution >= 0.6 is 0 Å². The monoisotopic (exact) mass is 269 g/mol. The molecule has 0 spiro atoms. The zero-order valence-electron chi connectivity index (χ0n) is 13.9. The van der Waals surface area contributed by atoms with Crippen molar-refractivity contribution in [2.24, 2.45) is 20.0 Å². The molecule has 0 rings (SSSR count). The second kappa shape index (κ2) is 21.9. The average Bonchev–Trinajstić information content (AvgIpc) is 2.30. The molecular weight excluding hydrogens is 238 g/mol. The lowest BCUT2D eigenvalue weighted by Crippen LogP contribution is -1.89. The summed E-state index contributed by atoms with van der Waals surface area (Å²) >= 11 is 0. The van der Waals surface area contributed by atoms with Crippen molar-refractivity contribution in [1.29, 1.82) is 0 Å². The fourth-order valence-electron chi connectivity index (χ4n) is 0.456. The van der Waals surface area contributed by atoms with Gasteiger partial charge < -0.3 is 5.32 Å². The van der Waals surface area contributed by atoms with Gasteiger partial charge in [-0.15, -0.1) is 0 Å². The number of nitrogens with zero attached hydrogens (tertiary/aromatic N) is 4. The van der Waals surface area contributed by atoms with E-state index in [1.807, 2.05) is 55.6 Å². The van der Waals surface area contributed by atoms with Crippen molar-refractivity contribution in [2.75, 3.05) is 27.2 Å². The minimum Gasteiger partial charge on any atom is -0.323 e. The summed E-state index contributed by atoms with van der Waals surface area (Å²) in [6, 6.07) is 5.79. The summed E-state index contributed by atoms with van der Waals surface area (Å²) in [5, 5.41) is 2.75. The third-order valence-electron chi connectivity index (χ3n) is 1.09. The van der Waals surface area contributed by atoms with Crippen LogP contribution in [0.3, 0.4) is 0 Å². The van der Waals surface area contributed by atoms with E-state index in [0.717, 1.165) is 13.1 Å². The van der Waals surface area contributed by atoms with E-state index in [1.54, 1.807) is 0 Å². The highest BCUT2D eigenvalue weighted by molar-refractivity contribution is 5.41. The van der Waals surface area contributed by atoms with Crippen LogP contribution in [0.5, 0.6) is 0 Å². The van der Waals surface area contributed by atoms with Crippen LogP contribution in [-0.2, 0) is 0 Å². The molecule has 112 valence electrons. The third-order valence-corrected chi connectivity index (χ3v) is 1.09. The molecule has 5 heteroatoms. The van der Waals surface area contributed by atoms with Gasteiger partial charge in [0.15, 0.2) is 0 Å². The SMILES string of the molecule is CC(C)N=C=NC(C)C.CCN=C=NCC.CNC. The molecule has 0 heterocycles. The molecule has 0 radical (unpaired) electrons. The molecule has 0 aliphatic heterocycles. The van der Waals surface area contributed by atoms with Crippen molar-refractivity contribution in [2.45, 2.75) is 53.6 Å². The Bertz CT molecular complexity index is 250. The van der Waals surface area contributed by atoms with E-state index in [-0.39, 0.29) is 0 Å². The zero-order chi connectivity index (χ0) is 15.5. The lowest BCUT2D eigenvalue weighted by molar-refractivity contribution is 0.818. The molecule has 0 bridgehead atoms. The standard InChI is InChI=1S/C7H14N2.C5H10N2.C2H7N/c1-6(2)8-5-9-7(3)4;1-3-6-5-7-4-2;1-3-2/h6-7H,1-4H3;3-4H2,1-2H3;3H,1-2H3. The van der Waals surface area contributed by atoms with Crippen molar-refractivity contribution >= 4 is 12.0 Å². The molecule has 0 amide bonds. The van der Waals surface area contributed by atoms with Crippen molar-refractivity contribution in [1.82, 2.24) is 5.32 Å². The smallest absolute Gasteiger partial charge is 0.0897 e. The van der Waals surface area contributed by atoms with Gasteiger partial charge >= 0.3 is 0 Å². The normalized spacial score (nSPS) is 8.11. The number of nitrogens with one attached hydrogen (secondary N) is 1. The van der Waals surface area contributed by atoms with Crippen LogP contribution in [0.15, 0.2) is 20.0 Å². The fraction of sp³-hybridized carbons (Fsp3) is 0.857. The Morgan fingerprint density at radius 2 is 1.11 bits per heavy atom. The van der Waals surface area contributed by atoms with Crippen LogP contribution in [0, 0.1) is 0 Å². The molecule has 0 aromatic rings. The van der Waals surface area contributed by atoms with Crippen molar-refractivity contribution in [3.05, 3.63) is 0 Å². The fourth-order valence-corrected chi connectivity index (χ4v) is 0.456. The number of hydrogen-bond donors (Lipinski definition) is 1. The van der Waals surface area contributed by atoms with Crippen molar-refractivity contribution in [3.8, 4) is 0 Å². The molecule has 0 aromatic carbocycles. The molecule has 0 unspecified atom stereocenters. The maximum absolute atomic E-state index is 3.95. The maximum atomic E-state index is 3.95.